The van der Waals surface area contributed by atoms with E-state index in [0.29, 0.717) is 17.9 Å². The molecule has 0 unspecified atom stereocenters. The van der Waals surface area contributed by atoms with Crippen LogP contribution in [0.3, 0.4) is 0 Å². The van der Waals surface area contributed by atoms with Crippen LogP contribution in [0.25, 0.3) is 0 Å². The van der Waals surface area contributed by atoms with Crippen molar-refractivity contribution in [2.45, 2.75) is 53.4 Å². The molecule has 1 amide bonds. The van der Waals surface area contributed by atoms with Crippen molar-refractivity contribution >= 4 is 17.6 Å². The summed E-state index contributed by atoms with van der Waals surface area (Å²) in [6, 6.07) is 0. The summed E-state index contributed by atoms with van der Waals surface area (Å²) in [5, 5.41) is 2.76. The topological polar surface area (TPSA) is 72.0 Å². The van der Waals surface area contributed by atoms with Crippen molar-refractivity contribution in [2.24, 2.45) is 11.3 Å². The molecular formula is C16H23N3O2. The standard InChI is InChI=1S/C16H23N3O2/c1-5-10(6-2)14(21)19-15-17-9-11-12(18-15)7-16(3,4)8-13(11)20/h9-10H,5-8H2,1-4H3,(H,17,18,19,21). The lowest BCUT2D eigenvalue weighted by Gasteiger charge is -2.29. The maximum Gasteiger partial charge on any atom is 0.229 e. The van der Waals surface area contributed by atoms with Crippen molar-refractivity contribution in [1.82, 2.24) is 9.97 Å². The fraction of sp³-hybridized carbons (Fsp3) is 0.625. The Kier molecular flexibility index (Phi) is 4.40. The third-order valence-corrected chi connectivity index (χ3v) is 4.04. The molecule has 5 heteroatoms. The van der Waals surface area contributed by atoms with Gasteiger partial charge in [0.1, 0.15) is 0 Å². The van der Waals surface area contributed by atoms with E-state index in [2.05, 4.69) is 29.1 Å². The molecule has 0 spiro atoms. The fourth-order valence-corrected chi connectivity index (χ4v) is 2.76. The lowest BCUT2D eigenvalue weighted by molar-refractivity contribution is -0.120. The highest BCUT2D eigenvalue weighted by Gasteiger charge is 2.32. The Bertz CT molecular complexity index is 563. The van der Waals surface area contributed by atoms with E-state index in [1.807, 2.05) is 13.8 Å². The lowest BCUT2D eigenvalue weighted by Crippen LogP contribution is -2.29. The fourth-order valence-electron chi connectivity index (χ4n) is 2.76. The molecule has 0 saturated heterocycles. The van der Waals surface area contributed by atoms with Crippen LogP contribution in [0.1, 0.15) is 63.0 Å². The van der Waals surface area contributed by atoms with E-state index in [1.165, 1.54) is 0 Å². The van der Waals surface area contributed by atoms with Gasteiger partial charge in [-0.2, -0.15) is 0 Å². The zero-order valence-electron chi connectivity index (χ0n) is 13.2. The van der Waals surface area contributed by atoms with E-state index < -0.39 is 0 Å². The molecule has 5 nitrogen and oxygen atoms in total. The van der Waals surface area contributed by atoms with Crippen molar-refractivity contribution in [3.8, 4) is 0 Å². The van der Waals surface area contributed by atoms with Crippen LogP contribution >= 0.6 is 0 Å². The Morgan fingerprint density at radius 1 is 1.33 bits per heavy atom. The van der Waals surface area contributed by atoms with Crippen LogP contribution in [0, 0.1) is 11.3 Å². The number of carbonyl (C=O) groups excluding carboxylic acids is 2. The van der Waals surface area contributed by atoms with E-state index >= 15 is 0 Å². The molecule has 2 rings (SSSR count). The van der Waals surface area contributed by atoms with E-state index in [4.69, 9.17) is 0 Å². The SMILES string of the molecule is CCC(CC)C(=O)Nc1ncc2c(n1)CC(C)(C)CC2=O. The summed E-state index contributed by atoms with van der Waals surface area (Å²) in [5.74, 6) is 0.305. The molecule has 0 saturated carbocycles. The number of hydrogen-bond acceptors (Lipinski definition) is 4. The third-order valence-electron chi connectivity index (χ3n) is 4.04. The van der Waals surface area contributed by atoms with Crippen LogP contribution in [0.4, 0.5) is 5.95 Å². The molecule has 21 heavy (non-hydrogen) atoms. The van der Waals surface area contributed by atoms with Gasteiger partial charge in [0.05, 0.1) is 11.3 Å². The lowest BCUT2D eigenvalue weighted by atomic mass is 9.76. The van der Waals surface area contributed by atoms with Gasteiger partial charge in [-0.05, 0) is 24.7 Å². The number of aromatic nitrogens is 2. The molecule has 0 radical (unpaired) electrons. The van der Waals surface area contributed by atoms with Crippen LogP contribution in [-0.2, 0) is 11.2 Å². The zero-order valence-corrected chi connectivity index (χ0v) is 13.2. The summed E-state index contributed by atoms with van der Waals surface area (Å²) >= 11 is 0. The monoisotopic (exact) mass is 289 g/mol. The first kappa shape index (κ1) is 15.6. The Hall–Kier alpha value is -1.78. The Balaban J connectivity index is 2.21. The summed E-state index contributed by atoms with van der Waals surface area (Å²) < 4.78 is 0. The Morgan fingerprint density at radius 2 is 2.00 bits per heavy atom. The zero-order chi connectivity index (χ0) is 15.6. The van der Waals surface area contributed by atoms with Gasteiger partial charge in [-0.1, -0.05) is 27.7 Å². The highest BCUT2D eigenvalue weighted by atomic mass is 16.2. The minimum absolute atomic E-state index is 0.0253. The average molecular weight is 289 g/mol. The predicted molar refractivity (Wildman–Crippen MR) is 81.2 cm³/mol. The molecule has 114 valence electrons. The number of carbonyl (C=O) groups is 2. The van der Waals surface area contributed by atoms with E-state index in [0.717, 1.165) is 25.0 Å². The molecule has 0 fully saturated rings. The van der Waals surface area contributed by atoms with Gasteiger partial charge in [-0.3, -0.25) is 14.9 Å². The number of nitrogens with one attached hydrogen (secondary N) is 1. The van der Waals surface area contributed by atoms with Gasteiger partial charge in [0.15, 0.2) is 5.78 Å². The van der Waals surface area contributed by atoms with Gasteiger partial charge in [0.2, 0.25) is 11.9 Å². The first-order valence-electron chi connectivity index (χ1n) is 7.56. The molecule has 1 aromatic heterocycles. The largest absolute Gasteiger partial charge is 0.294 e. The molecule has 0 aliphatic heterocycles. The van der Waals surface area contributed by atoms with Crippen molar-refractivity contribution < 1.29 is 9.59 Å². The van der Waals surface area contributed by atoms with Crippen LogP contribution in [0.2, 0.25) is 0 Å². The maximum absolute atomic E-state index is 12.1. The molecule has 0 bridgehead atoms. The summed E-state index contributed by atoms with van der Waals surface area (Å²) in [6.07, 6.45) is 4.37. The molecule has 0 atom stereocenters. The van der Waals surface area contributed by atoms with Crippen LogP contribution in [0.5, 0.6) is 0 Å². The number of rotatable bonds is 4. The quantitative estimate of drug-likeness (QED) is 0.924. The number of anilines is 1. The third kappa shape index (κ3) is 3.46. The predicted octanol–water partition coefficient (Wildman–Crippen LogP) is 3.01. The second-order valence-electron chi connectivity index (χ2n) is 6.50. The van der Waals surface area contributed by atoms with Crippen molar-refractivity contribution in [1.29, 1.82) is 0 Å². The Labute approximate surface area is 125 Å². The van der Waals surface area contributed by atoms with Gasteiger partial charge < -0.3 is 0 Å². The number of hydrogen-bond donors (Lipinski definition) is 1. The molecular weight excluding hydrogens is 266 g/mol. The highest BCUT2D eigenvalue weighted by molar-refractivity contribution is 5.98. The first-order chi connectivity index (χ1) is 9.86. The molecule has 1 aliphatic rings. The van der Waals surface area contributed by atoms with Gasteiger partial charge in [-0.15, -0.1) is 0 Å². The summed E-state index contributed by atoms with van der Waals surface area (Å²) in [4.78, 5) is 32.6. The van der Waals surface area contributed by atoms with E-state index in [9.17, 15) is 9.59 Å². The van der Waals surface area contributed by atoms with Crippen LogP contribution < -0.4 is 5.32 Å². The van der Waals surface area contributed by atoms with Crippen molar-refractivity contribution in [3.63, 3.8) is 0 Å². The average Bonchev–Trinajstić information content (AvgIpc) is 2.38. The second-order valence-corrected chi connectivity index (χ2v) is 6.50. The van der Waals surface area contributed by atoms with Gasteiger partial charge >= 0.3 is 0 Å². The minimum Gasteiger partial charge on any atom is -0.294 e. The van der Waals surface area contributed by atoms with Crippen LogP contribution in [0.15, 0.2) is 6.20 Å². The van der Waals surface area contributed by atoms with E-state index in [1.54, 1.807) is 6.20 Å². The first-order valence-corrected chi connectivity index (χ1v) is 7.56. The number of Topliss-reactive ketones (excluding diaryl/α,β-unsaturated/α-hetero) is 1. The van der Waals surface area contributed by atoms with E-state index in [-0.39, 0.29) is 23.0 Å². The number of amides is 1. The van der Waals surface area contributed by atoms with Crippen molar-refractivity contribution in [3.05, 3.63) is 17.5 Å². The molecule has 1 N–H and O–H groups in total. The number of fused-ring (bicyclic) bond motifs is 1. The summed E-state index contributed by atoms with van der Waals surface area (Å²) in [7, 11) is 0. The van der Waals surface area contributed by atoms with Gasteiger partial charge in [-0.25, -0.2) is 9.97 Å². The smallest absolute Gasteiger partial charge is 0.229 e. The maximum atomic E-state index is 12.1. The summed E-state index contributed by atoms with van der Waals surface area (Å²) in [6.45, 7) is 8.09. The van der Waals surface area contributed by atoms with Gasteiger partial charge in [0.25, 0.3) is 0 Å². The minimum atomic E-state index is -0.0882. The number of nitrogens with zero attached hydrogens (tertiary/aromatic N) is 2. The Morgan fingerprint density at radius 3 is 2.62 bits per heavy atom. The molecule has 1 heterocycles. The van der Waals surface area contributed by atoms with Gasteiger partial charge in [0, 0.05) is 18.5 Å². The second kappa shape index (κ2) is 5.92. The molecule has 0 aromatic carbocycles. The molecule has 1 aliphatic carbocycles. The van der Waals surface area contributed by atoms with Crippen molar-refractivity contribution in [2.75, 3.05) is 5.32 Å². The normalized spacial score (nSPS) is 16.7. The number of ketones is 1. The summed E-state index contributed by atoms with van der Waals surface area (Å²) in [5.41, 5.74) is 1.25. The molecule has 1 aromatic rings. The highest BCUT2D eigenvalue weighted by Crippen LogP contribution is 2.33. The van der Waals surface area contributed by atoms with Crippen LogP contribution in [-0.4, -0.2) is 21.7 Å².